The summed E-state index contributed by atoms with van der Waals surface area (Å²) in [5, 5.41) is 2.80. The zero-order valence-electron chi connectivity index (χ0n) is 14.2. The molecule has 3 heterocycles. The number of hydrogen-bond donors (Lipinski definition) is 1. The van der Waals surface area contributed by atoms with Gasteiger partial charge in [-0.15, -0.1) is 11.3 Å². The first-order chi connectivity index (χ1) is 12.5. The van der Waals surface area contributed by atoms with Crippen molar-refractivity contribution in [3.8, 4) is 0 Å². The second-order valence-corrected chi connectivity index (χ2v) is 10.4. The summed E-state index contributed by atoms with van der Waals surface area (Å²) in [6, 6.07) is 5.08. The SMILES string of the molecule is O=C(NCc1ccc(S(=O)(=O)N2CCCCCC2)s1)c1cncc(Br)c1. The van der Waals surface area contributed by atoms with Crippen molar-refractivity contribution in [1.82, 2.24) is 14.6 Å². The average molecular weight is 458 g/mol. The standard InChI is InChI=1S/C17H20BrN3O3S2/c18-14-9-13(10-19-11-14)17(22)20-12-15-5-6-16(25-15)26(23,24)21-7-3-1-2-4-8-21/h5-6,9-11H,1-4,7-8,12H2,(H,20,22). The van der Waals surface area contributed by atoms with E-state index in [0.717, 1.165) is 35.0 Å². The summed E-state index contributed by atoms with van der Waals surface area (Å²) < 4.78 is 28.2. The molecule has 1 aliphatic rings. The summed E-state index contributed by atoms with van der Waals surface area (Å²) in [6.07, 6.45) is 7.08. The van der Waals surface area contributed by atoms with E-state index in [1.54, 1.807) is 28.7 Å². The normalized spacial score (nSPS) is 16.2. The van der Waals surface area contributed by atoms with Gasteiger partial charge < -0.3 is 5.32 Å². The first kappa shape index (κ1) is 19.5. The van der Waals surface area contributed by atoms with Crippen molar-refractivity contribution in [2.24, 2.45) is 0 Å². The van der Waals surface area contributed by atoms with E-state index >= 15 is 0 Å². The highest BCUT2D eigenvalue weighted by Crippen LogP contribution is 2.26. The van der Waals surface area contributed by atoms with Gasteiger partial charge in [-0.1, -0.05) is 12.8 Å². The maximum Gasteiger partial charge on any atom is 0.253 e. The number of rotatable bonds is 5. The topological polar surface area (TPSA) is 79.4 Å². The van der Waals surface area contributed by atoms with Crippen LogP contribution >= 0.6 is 27.3 Å². The predicted octanol–water partition coefficient (Wildman–Crippen LogP) is 3.40. The lowest BCUT2D eigenvalue weighted by atomic mass is 10.2. The van der Waals surface area contributed by atoms with Crippen molar-refractivity contribution < 1.29 is 13.2 Å². The molecule has 0 spiro atoms. The molecular weight excluding hydrogens is 438 g/mol. The number of aromatic nitrogens is 1. The number of carbonyl (C=O) groups is 1. The quantitative estimate of drug-likeness (QED) is 0.745. The molecule has 0 saturated carbocycles. The Labute approximate surface area is 165 Å². The summed E-state index contributed by atoms with van der Waals surface area (Å²) in [5.74, 6) is -0.246. The molecule has 26 heavy (non-hydrogen) atoms. The van der Waals surface area contributed by atoms with Crippen LogP contribution in [0, 0.1) is 0 Å². The fourth-order valence-corrected chi connectivity index (χ4v) is 6.14. The van der Waals surface area contributed by atoms with Crippen LogP contribution in [0.15, 0.2) is 39.3 Å². The van der Waals surface area contributed by atoms with Gasteiger partial charge in [0.05, 0.1) is 12.1 Å². The molecule has 0 bridgehead atoms. The van der Waals surface area contributed by atoms with Gasteiger partial charge in [0.1, 0.15) is 4.21 Å². The molecule has 140 valence electrons. The molecule has 0 unspecified atom stereocenters. The molecule has 3 rings (SSSR count). The highest BCUT2D eigenvalue weighted by Gasteiger charge is 2.26. The maximum absolute atomic E-state index is 12.8. The zero-order valence-corrected chi connectivity index (χ0v) is 17.4. The number of pyridine rings is 1. The Balaban J connectivity index is 1.65. The number of amides is 1. The lowest BCUT2D eigenvalue weighted by Gasteiger charge is -2.18. The van der Waals surface area contributed by atoms with Gasteiger partial charge in [0.15, 0.2) is 0 Å². The molecular formula is C17H20BrN3O3S2. The van der Waals surface area contributed by atoms with Gasteiger partial charge in [-0.25, -0.2) is 8.42 Å². The van der Waals surface area contributed by atoms with Gasteiger partial charge in [0.25, 0.3) is 15.9 Å². The molecule has 1 aliphatic heterocycles. The van der Waals surface area contributed by atoms with Crippen molar-refractivity contribution in [1.29, 1.82) is 0 Å². The average Bonchev–Trinajstić information content (AvgIpc) is 2.93. The Morgan fingerprint density at radius 3 is 2.62 bits per heavy atom. The Morgan fingerprint density at radius 2 is 1.92 bits per heavy atom. The van der Waals surface area contributed by atoms with Gasteiger partial charge in [0.2, 0.25) is 0 Å². The highest BCUT2D eigenvalue weighted by atomic mass is 79.9. The first-order valence-electron chi connectivity index (χ1n) is 8.44. The molecule has 1 fully saturated rings. The van der Waals surface area contributed by atoms with Crippen LogP contribution in [0.2, 0.25) is 0 Å². The lowest BCUT2D eigenvalue weighted by molar-refractivity contribution is 0.0951. The van der Waals surface area contributed by atoms with Crippen molar-refractivity contribution in [2.75, 3.05) is 13.1 Å². The van der Waals surface area contributed by atoms with Crippen LogP contribution < -0.4 is 5.32 Å². The van der Waals surface area contributed by atoms with E-state index in [9.17, 15) is 13.2 Å². The third-order valence-corrected chi connectivity index (χ3v) is 8.07. The predicted molar refractivity (Wildman–Crippen MR) is 105 cm³/mol. The number of sulfonamides is 1. The van der Waals surface area contributed by atoms with E-state index < -0.39 is 10.0 Å². The molecule has 6 nitrogen and oxygen atoms in total. The minimum atomic E-state index is -3.44. The van der Waals surface area contributed by atoms with Gasteiger partial charge in [-0.3, -0.25) is 9.78 Å². The Morgan fingerprint density at radius 1 is 1.19 bits per heavy atom. The molecule has 9 heteroatoms. The van der Waals surface area contributed by atoms with Crippen LogP contribution in [0.1, 0.15) is 40.9 Å². The molecule has 0 atom stereocenters. The van der Waals surface area contributed by atoms with Crippen molar-refractivity contribution >= 4 is 43.2 Å². The number of carbonyl (C=O) groups excluding carboxylic acids is 1. The van der Waals surface area contributed by atoms with Crippen LogP contribution in [0.5, 0.6) is 0 Å². The van der Waals surface area contributed by atoms with E-state index in [-0.39, 0.29) is 12.5 Å². The third kappa shape index (κ3) is 4.70. The van der Waals surface area contributed by atoms with E-state index in [4.69, 9.17) is 0 Å². The third-order valence-electron chi connectivity index (χ3n) is 4.19. The van der Waals surface area contributed by atoms with Crippen LogP contribution in [-0.4, -0.2) is 36.7 Å². The fraction of sp³-hybridized carbons (Fsp3) is 0.412. The molecule has 1 amide bonds. The van der Waals surface area contributed by atoms with Gasteiger partial charge in [-0.2, -0.15) is 4.31 Å². The minimum Gasteiger partial charge on any atom is -0.347 e. The maximum atomic E-state index is 12.8. The van der Waals surface area contributed by atoms with Gasteiger partial charge in [0, 0.05) is 34.8 Å². The molecule has 0 aliphatic carbocycles. The number of halogens is 1. The number of nitrogens with one attached hydrogen (secondary N) is 1. The summed E-state index contributed by atoms with van der Waals surface area (Å²) in [6.45, 7) is 1.45. The van der Waals surface area contributed by atoms with Gasteiger partial charge in [-0.05, 0) is 47.0 Å². The van der Waals surface area contributed by atoms with Crippen LogP contribution in [0.3, 0.4) is 0 Å². The molecule has 0 radical (unpaired) electrons. The summed E-state index contributed by atoms with van der Waals surface area (Å²) >= 11 is 4.49. The van der Waals surface area contributed by atoms with E-state index in [1.807, 2.05) is 0 Å². The summed E-state index contributed by atoms with van der Waals surface area (Å²) in [7, 11) is -3.44. The zero-order chi connectivity index (χ0) is 18.6. The molecule has 2 aromatic heterocycles. The van der Waals surface area contributed by atoms with Crippen molar-refractivity contribution in [2.45, 2.75) is 36.4 Å². The smallest absolute Gasteiger partial charge is 0.253 e. The lowest BCUT2D eigenvalue weighted by Crippen LogP contribution is -2.31. The number of hydrogen-bond acceptors (Lipinski definition) is 5. The van der Waals surface area contributed by atoms with Crippen molar-refractivity contribution in [3.63, 3.8) is 0 Å². The first-order valence-corrected chi connectivity index (χ1v) is 11.5. The van der Waals surface area contributed by atoms with Crippen molar-refractivity contribution in [3.05, 3.63) is 45.5 Å². The van der Waals surface area contributed by atoms with E-state index in [1.165, 1.54) is 17.5 Å². The minimum absolute atomic E-state index is 0.246. The Kier molecular flexibility index (Phi) is 6.44. The largest absolute Gasteiger partial charge is 0.347 e. The molecule has 1 N–H and O–H groups in total. The van der Waals surface area contributed by atoms with E-state index in [2.05, 4.69) is 26.2 Å². The second-order valence-electron chi connectivity index (χ2n) is 6.11. The van der Waals surface area contributed by atoms with Gasteiger partial charge >= 0.3 is 0 Å². The molecule has 0 aromatic carbocycles. The monoisotopic (exact) mass is 457 g/mol. The highest BCUT2D eigenvalue weighted by molar-refractivity contribution is 9.10. The Bertz CT molecular complexity index is 875. The number of thiophene rings is 1. The molecule has 2 aromatic rings. The summed E-state index contributed by atoms with van der Waals surface area (Å²) in [4.78, 5) is 16.9. The number of nitrogens with zero attached hydrogens (tertiary/aromatic N) is 2. The second kappa shape index (κ2) is 8.60. The van der Waals surface area contributed by atoms with Crippen LogP contribution in [0.25, 0.3) is 0 Å². The Hall–Kier alpha value is -1.29. The van der Waals surface area contributed by atoms with Crippen LogP contribution in [-0.2, 0) is 16.6 Å². The fourth-order valence-electron chi connectivity index (χ4n) is 2.81. The molecule has 1 saturated heterocycles. The summed E-state index contributed by atoms with van der Waals surface area (Å²) in [5.41, 5.74) is 0.452. The van der Waals surface area contributed by atoms with Crippen LogP contribution in [0.4, 0.5) is 0 Å². The van der Waals surface area contributed by atoms with E-state index in [0.29, 0.717) is 22.9 Å².